The first-order valence-electron chi connectivity index (χ1n) is 8.38. The molecule has 1 N–H and O–H groups in total. The van der Waals surface area contributed by atoms with Crippen molar-refractivity contribution in [2.75, 3.05) is 10.2 Å². The van der Waals surface area contributed by atoms with Crippen molar-refractivity contribution in [1.82, 2.24) is 0 Å². The third kappa shape index (κ3) is 2.64. The number of fused-ring (bicyclic) bond motifs is 1. The second-order valence-electron chi connectivity index (χ2n) is 6.22. The van der Waals surface area contributed by atoms with Crippen LogP contribution in [0.25, 0.3) is 0 Å². The van der Waals surface area contributed by atoms with Gasteiger partial charge in [-0.2, -0.15) is 5.26 Å². The number of carbonyl (C=O) groups is 3. The summed E-state index contributed by atoms with van der Waals surface area (Å²) in [5.74, 6) is -1.26. The van der Waals surface area contributed by atoms with Crippen LogP contribution in [0, 0.1) is 18.3 Å². The number of nitriles is 1. The van der Waals surface area contributed by atoms with Crippen LogP contribution in [0.3, 0.4) is 0 Å². The maximum Gasteiger partial charge on any atom is 0.291 e. The van der Waals surface area contributed by atoms with E-state index in [9.17, 15) is 19.6 Å². The summed E-state index contributed by atoms with van der Waals surface area (Å²) >= 11 is 0. The van der Waals surface area contributed by atoms with E-state index in [0.717, 1.165) is 4.90 Å². The van der Waals surface area contributed by atoms with Crippen molar-refractivity contribution in [2.24, 2.45) is 0 Å². The van der Waals surface area contributed by atoms with Crippen LogP contribution in [0.1, 0.15) is 42.4 Å². The van der Waals surface area contributed by atoms with Gasteiger partial charge < -0.3 is 9.73 Å². The Morgan fingerprint density at radius 3 is 2.32 bits per heavy atom. The predicted octanol–water partition coefficient (Wildman–Crippen LogP) is 3.51. The minimum Gasteiger partial charge on any atom is -0.459 e. The Morgan fingerprint density at radius 1 is 1.07 bits per heavy atom. The number of benzene rings is 2. The number of aryl methyl sites for hydroxylation is 1. The SMILES string of the molecule is Cc1ccoc1C(=O)Nc1ccc(N2C(=O)c3ccccc3C2=O)c(C#N)c1. The molecule has 0 spiro atoms. The van der Waals surface area contributed by atoms with E-state index in [1.54, 1.807) is 37.3 Å². The van der Waals surface area contributed by atoms with Crippen molar-refractivity contribution < 1.29 is 18.8 Å². The van der Waals surface area contributed by atoms with Gasteiger partial charge in [0.1, 0.15) is 6.07 Å². The van der Waals surface area contributed by atoms with Gasteiger partial charge in [-0.25, -0.2) is 4.90 Å². The zero-order valence-electron chi connectivity index (χ0n) is 14.7. The van der Waals surface area contributed by atoms with Crippen LogP contribution in [-0.2, 0) is 0 Å². The number of furan rings is 1. The highest BCUT2D eigenvalue weighted by atomic mass is 16.3. The number of rotatable bonds is 3. The maximum atomic E-state index is 12.6. The van der Waals surface area contributed by atoms with Crippen molar-refractivity contribution in [3.8, 4) is 6.07 Å². The lowest BCUT2D eigenvalue weighted by molar-refractivity contribution is 0.0924. The fourth-order valence-electron chi connectivity index (χ4n) is 3.10. The highest BCUT2D eigenvalue weighted by Crippen LogP contribution is 2.32. The molecule has 1 aliphatic rings. The Balaban J connectivity index is 1.67. The second kappa shape index (κ2) is 6.52. The quantitative estimate of drug-likeness (QED) is 0.710. The van der Waals surface area contributed by atoms with Crippen LogP contribution in [0.5, 0.6) is 0 Å². The summed E-state index contributed by atoms with van der Waals surface area (Å²) in [4.78, 5) is 38.6. The van der Waals surface area contributed by atoms with E-state index in [2.05, 4.69) is 5.32 Å². The third-order valence-electron chi connectivity index (χ3n) is 4.48. The van der Waals surface area contributed by atoms with E-state index in [1.807, 2.05) is 6.07 Å². The molecule has 28 heavy (non-hydrogen) atoms. The smallest absolute Gasteiger partial charge is 0.291 e. The van der Waals surface area contributed by atoms with Crippen LogP contribution in [0.4, 0.5) is 11.4 Å². The van der Waals surface area contributed by atoms with E-state index in [1.165, 1.54) is 24.5 Å². The Bertz CT molecular complexity index is 1150. The lowest BCUT2D eigenvalue weighted by Gasteiger charge is -2.16. The first-order chi connectivity index (χ1) is 13.5. The second-order valence-corrected chi connectivity index (χ2v) is 6.22. The largest absolute Gasteiger partial charge is 0.459 e. The molecule has 3 amide bonds. The number of imide groups is 1. The number of nitrogens with zero attached hydrogens (tertiary/aromatic N) is 2. The summed E-state index contributed by atoms with van der Waals surface area (Å²) in [5.41, 5.74) is 1.87. The van der Waals surface area contributed by atoms with Gasteiger partial charge in [-0.3, -0.25) is 14.4 Å². The molecule has 3 aromatic rings. The van der Waals surface area contributed by atoms with Gasteiger partial charge >= 0.3 is 0 Å². The normalized spacial score (nSPS) is 12.6. The molecule has 0 saturated heterocycles. The number of hydrogen-bond acceptors (Lipinski definition) is 5. The third-order valence-corrected chi connectivity index (χ3v) is 4.48. The van der Waals surface area contributed by atoms with Gasteiger partial charge in [-0.15, -0.1) is 0 Å². The van der Waals surface area contributed by atoms with Gasteiger partial charge in [0.2, 0.25) is 0 Å². The van der Waals surface area contributed by atoms with Crippen molar-refractivity contribution in [1.29, 1.82) is 5.26 Å². The fraction of sp³-hybridized carbons (Fsp3) is 0.0476. The van der Waals surface area contributed by atoms with Crippen molar-refractivity contribution in [2.45, 2.75) is 6.92 Å². The standard InChI is InChI=1S/C21H13N3O4/c1-12-8-9-28-18(12)19(25)23-14-6-7-17(13(10-14)11-22)24-20(26)15-4-2-3-5-16(15)21(24)27/h2-10H,1H3,(H,23,25). The molecule has 1 aliphatic heterocycles. The number of hydrogen-bond donors (Lipinski definition) is 1. The van der Waals surface area contributed by atoms with Gasteiger partial charge in [0.05, 0.1) is 28.6 Å². The summed E-state index contributed by atoms with van der Waals surface area (Å²) in [6.07, 6.45) is 1.41. The van der Waals surface area contributed by atoms with Gasteiger partial charge in [0, 0.05) is 11.3 Å². The molecule has 0 fully saturated rings. The molecule has 0 unspecified atom stereocenters. The van der Waals surface area contributed by atoms with Crippen molar-refractivity contribution in [3.05, 3.63) is 82.8 Å². The fourth-order valence-corrected chi connectivity index (χ4v) is 3.10. The molecule has 0 atom stereocenters. The van der Waals surface area contributed by atoms with Crippen LogP contribution in [0.15, 0.2) is 59.2 Å². The summed E-state index contributed by atoms with van der Waals surface area (Å²) in [6.45, 7) is 1.74. The van der Waals surface area contributed by atoms with Crippen LogP contribution >= 0.6 is 0 Å². The summed E-state index contributed by atoms with van der Waals surface area (Å²) < 4.78 is 5.15. The Morgan fingerprint density at radius 2 is 1.75 bits per heavy atom. The number of nitrogens with one attached hydrogen (secondary N) is 1. The summed E-state index contributed by atoms with van der Waals surface area (Å²) in [6, 6.07) is 14.5. The molecular weight excluding hydrogens is 358 g/mol. The van der Waals surface area contributed by atoms with E-state index < -0.39 is 17.7 Å². The molecule has 0 saturated carbocycles. The first kappa shape index (κ1) is 17.2. The van der Waals surface area contributed by atoms with Gasteiger partial charge in [0.25, 0.3) is 17.7 Å². The molecule has 7 heteroatoms. The Kier molecular flexibility index (Phi) is 4.02. The Hall–Kier alpha value is -4.18. The van der Waals surface area contributed by atoms with Crippen LogP contribution in [0.2, 0.25) is 0 Å². The molecular formula is C21H13N3O4. The zero-order valence-corrected chi connectivity index (χ0v) is 14.7. The minimum atomic E-state index is -0.486. The summed E-state index contributed by atoms with van der Waals surface area (Å²) in [5, 5.41) is 12.2. The first-order valence-corrected chi connectivity index (χ1v) is 8.38. The number of amides is 3. The molecule has 7 nitrogen and oxygen atoms in total. The van der Waals surface area contributed by atoms with Gasteiger partial charge in [-0.05, 0) is 43.3 Å². The summed E-state index contributed by atoms with van der Waals surface area (Å²) in [7, 11) is 0. The molecule has 4 rings (SSSR count). The Labute approximate surface area is 159 Å². The predicted molar refractivity (Wildman–Crippen MR) is 100 cm³/mol. The van der Waals surface area contributed by atoms with Crippen molar-refractivity contribution in [3.63, 3.8) is 0 Å². The van der Waals surface area contributed by atoms with Gasteiger partial charge in [0.15, 0.2) is 5.76 Å². The average molecular weight is 371 g/mol. The minimum absolute atomic E-state index is 0.0865. The molecule has 0 radical (unpaired) electrons. The maximum absolute atomic E-state index is 12.6. The highest BCUT2D eigenvalue weighted by Gasteiger charge is 2.37. The van der Waals surface area contributed by atoms with Crippen LogP contribution < -0.4 is 10.2 Å². The van der Waals surface area contributed by atoms with E-state index >= 15 is 0 Å². The monoisotopic (exact) mass is 371 g/mol. The zero-order chi connectivity index (χ0) is 19.8. The molecule has 0 aliphatic carbocycles. The molecule has 1 aromatic heterocycles. The van der Waals surface area contributed by atoms with E-state index in [4.69, 9.17) is 4.42 Å². The molecule has 136 valence electrons. The lowest BCUT2D eigenvalue weighted by atomic mass is 10.1. The highest BCUT2D eigenvalue weighted by molar-refractivity contribution is 6.34. The number of anilines is 2. The van der Waals surface area contributed by atoms with Crippen LogP contribution in [-0.4, -0.2) is 17.7 Å². The molecule has 2 heterocycles. The lowest BCUT2D eigenvalue weighted by Crippen LogP contribution is -2.30. The topological polar surface area (TPSA) is 103 Å². The van der Waals surface area contributed by atoms with E-state index in [0.29, 0.717) is 22.4 Å². The molecule has 0 bridgehead atoms. The van der Waals surface area contributed by atoms with E-state index in [-0.39, 0.29) is 17.0 Å². The average Bonchev–Trinajstić information content (AvgIpc) is 3.24. The number of carbonyl (C=O) groups excluding carboxylic acids is 3. The van der Waals surface area contributed by atoms with Gasteiger partial charge in [-0.1, -0.05) is 12.1 Å². The van der Waals surface area contributed by atoms with Crippen molar-refractivity contribution >= 4 is 29.1 Å². The molecule has 2 aromatic carbocycles.